The molecule has 0 radical (unpaired) electrons. The number of benzene rings is 8. The fourth-order valence-electron chi connectivity index (χ4n) is 11.3. The first-order valence-electron chi connectivity index (χ1n) is 22.9. The molecule has 2 atom stereocenters. The van der Waals surface area contributed by atoms with Gasteiger partial charge in [0, 0.05) is 45.0 Å². The third kappa shape index (κ3) is 7.26. The molecule has 0 aliphatic heterocycles. The summed E-state index contributed by atoms with van der Waals surface area (Å²) in [5.74, 6) is 0.469. The van der Waals surface area contributed by atoms with Gasteiger partial charge in [0.15, 0.2) is 0 Å². The molecule has 1 saturated carbocycles. The molecule has 0 heterocycles. The standard InChI is InChI=1S/C61H58N2/c1-59(2,3)58-27-17-18-42-61(58,46-30-36-51(37-31-46)62(48-21-11-7-12-22-48)50-34-28-45(29-35-50)44-19-9-6-10-20-44)47-32-38-52(39-33-47)63(49-23-13-8-14-24-49)53-40-41-55-54-25-15-16-26-56(54)60(4,5)57(55)43-53/h6-16,19-26,28-41,43,58H,17-18,27,42H2,1-5H3. The van der Waals surface area contributed by atoms with Gasteiger partial charge in [0.2, 0.25) is 0 Å². The molecule has 0 spiro atoms. The van der Waals surface area contributed by atoms with E-state index in [1.165, 1.54) is 75.1 Å². The topological polar surface area (TPSA) is 6.48 Å². The number of para-hydroxylation sites is 2. The van der Waals surface area contributed by atoms with Crippen molar-refractivity contribution in [2.24, 2.45) is 11.3 Å². The van der Waals surface area contributed by atoms with Crippen LogP contribution in [0.5, 0.6) is 0 Å². The summed E-state index contributed by atoms with van der Waals surface area (Å²) < 4.78 is 0. The summed E-state index contributed by atoms with van der Waals surface area (Å²) in [5, 5.41) is 0. The van der Waals surface area contributed by atoms with Crippen LogP contribution in [0.2, 0.25) is 0 Å². The molecule has 0 N–H and O–H groups in total. The third-order valence-corrected chi connectivity index (χ3v) is 14.3. The minimum absolute atomic E-state index is 0.0792. The molecule has 312 valence electrons. The first-order chi connectivity index (χ1) is 30.6. The second-order valence-corrected chi connectivity index (χ2v) is 19.4. The smallest absolute Gasteiger partial charge is 0.0465 e. The third-order valence-electron chi connectivity index (χ3n) is 14.3. The summed E-state index contributed by atoms with van der Waals surface area (Å²) in [5.41, 5.74) is 17.6. The lowest BCUT2D eigenvalue weighted by atomic mass is 9.52. The highest BCUT2D eigenvalue weighted by Crippen LogP contribution is 2.56. The molecular formula is C61H58N2. The lowest BCUT2D eigenvalue weighted by Crippen LogP contribution is -2.45. The fraction of sp³-hybridized carbons (Fsp3) is 0.213. The van der Waals surface area contributed by atoms with Crippen molar-refractivity contribution in [3.05, 3.63) is 229 Å². The van der Waals surface area contributed by atoms with Crippen LogP contribution in [0.1, 0.15) is 82.6 Å². The van der Waals surface area contributed by atoms with E-state index in [1.807, 2.05) is 0 Å². The van der Waals surface area contributed by atoms with Crippen LogP contribution in [0.4, 0.5) is 34.1 Å². The molecule has 0 bridgehead atoms. The van der Waals surface area contributed by atoms with Gasteiger partial charge in [0.05, 0.1) is 0 Å². The molecular weight excluding hydrogens is 761 g/mol. The van der Waals surface area contributed by atoms with E-state index in [-0.39, 0.29) is 16.2 Å². The van der Waals surface area contributed by atoms with Crippen LogP contribution < -0.4 is 9.80 Å². The summed E-state index contributed by atoms with van der Waals surface area (Å²) in [6.45, 7) is 12.1. The van der Waals surface area contributed by atoms with Gasteiger partial charge in [-0.25, -0.2) is 0 Å². The van der Waals surface area contributed by atoms with Crippen LogP contribution in [-0.2, 0) is 10.8 Å². The summed E-state index contributed by atoms with van der Waals surface area (Å²) in [7, 11) is 0. The Morgan fingerprint density at radius 1 is 0.413 bits per heavy atom. The minimum Gasteiger partial charge on any atom is -0.311 e. The zero-order valence-electron chi connectivity index (χ0n) is 37.4. The first kappa shape index (κ1) is 40.4. The summed E-state index contributed by atoms with van der Waals surface area (Å²) in [6.07, 6.45) is 4.81. The Morgan fingerprint density at radius 3 is 1.40 bits per heavy atom. The van der Waals surface area contributed by atoms with Crippen molar-refractivity contribution in [3.8, 4) is 22.3 Å². The van der Waals surface area contributed by atoms with E-state index in [2.05, 4.69) is 251 Å². The van der Waals surface area contributed by atoms with Crippen molar-refractivity contribution in [1.82, 2.24) is 0 Å². The maximum Gasteiger partial charge on any atom is 0.0465 e. The molecule has 2 heteroatoms. The quantitative estimate of drug-likeness (QED) is 0.143. The summed E-state index contributed by atoms with van der Waals surface area (Å²) >= 11 is 0. The largest absolute Gasteiger partial charge is 0.311 e. The van der Waals surface area contributed by atoms with Crippen molar-refractivity contribution >= 4 is 34.1 Å². The van der Waals surface area contributed by atoms with Gasteiger partial charge in [-0.05, 0) is 141 Å². The molecule has 0 saturated heterocycles. The van der Waals surface area contributed by atoms with Crippen LogP contribution in [0, 0.1) is 11.3 Å². The van der Waals surface area contributed by atoms with E-state index in [0.717, 1.165) is 29.2 Å². The van der Waals surface area contributed by atoms with Gasteiger partial charge in [-0.3, -0.25) is 0 Å². The highest BCUT2D eigenvalue weighted by molar-refractivity contribution is 5.86. The zero-order valence-corrected chi connectivity index (χ0v) is 37.4. The number of hydrogen-bond donors (Lipinski definition) is 0. The van der Waals surface area contributed by atoms with E-state index >= 15 is 0 Å². The number of hydrogen-bond acceptors (Lipinski definition) is 2. The Labute approximate surface area is 375 Å². The predicted octanol–water partition coefficient (Wildman–Crippen LogP) is 17.1. The van der Waals surface area contributed by atoms with Crippen molar-refractivity contribution in [2.75, 3.05) is 9.80 Å². The van der Waals surface area contributed by atoms with Crippen LogP contribution in [0.3, 0.4) is 0 Å². The van der Waals surface area contributed by atoms with Crippen molar-refractivity contribution in [1.29, 1.82) is 0 Å². The number of nitrogens with zero attached hydrogens (tertiary/aromatic N) is 2. The molecule has 0 aromatic heterocycles. The monoisotopic (exact) mass is 818 g/mol. The van der Waals surface area contributed by atoms with Crippen molar-refractivity contribution in [3.63, 3.8) is 0 Å². The van der Waals surface area contributed by atoms with Gasteiger partial charge in [-0.2, -0.15) is 0 Å². The molecule has 2 aliphatic carbocycles. The highest BCUT2D eigenvalue weighted by Gasteiger charge is 2.48. The summed E-state index contributed by atoms with van der Waals surface area (Å²) in [6, 6.07) is 76.6. The second kappa shape index (κ2) is 16.2. The van der Waals surface area contributed by atoms with Gasteiger partial charge in [-0.15, -0.1) is 0 Å². The highest BCUT2D eigenvalue weighted by atomic mass is 15.1. The number of anilines is 6. The lowest BCUT2D eigenvalue weighted by Gasteiger charge is -2.51. The maximum atomic E-state index is 2.46. The minimum atomic E-state index is -0.135. The Kier molecular flexibility index (Phi) is 10.4. The van der Waals surface area contributed by atoms with Crippen LogP contribution in [0.25, 0.3) is 22.3 Å². The molecule has 63 heavy (non-hydrogen) atoms. The SMILES string of the molecule is CC1(C)c2ccccc2-c2ccc(N(c3ccccc3)c3ccc(C4(c5ccc(N(c6ccccc6)c6ccc(-c7ccccc7)cc6)cc5)CCCCC4C(C)(C)C)cc3)cc21. The normalized spacial score (nSPS) is 17.7. The molecule has 8 aromatic carbocycles. The van der Waals surface area contributed by atoms with Gasteiger partial charge < -0.3 is 9.80 Å². The van der Waals surface area contributed by atoms with Gasteiger partial charge in [0.25, 0.3) is 0 Å². The molecule has 10 rings (SSSR count). The van der Waals surface area contributed by atoms with E-state index in [1.54, 1.807) is 0 Å². The van der Waals surface area contributed by atoms with E-state index in [4.69, 9.17) is 0 Å². The number of rotatable bonds is 9. The summed E-state index contributed by atoms with van der Waals surface area (Å²) in [4.78, 5) is 4.83. The fourth-order valence-corrected chi connectivity index (χ4v) is 11.3. The van der Waals surface area contributed by atoms with E-state index in [9.17, 15) is 0 Å². The first-order valence-corrected chi connectivity index (χ1v) is 22.9. The van der Waals surface area contributed by atoms with Gasteiger partial charge >= 0.3 is 0 Å². The maximum absolute atomic E-state index is 2.46. The van der Waals surface area contributed by atoms with Crippen molar-refractivity contribution in [2.45, 2.75) is 71.1 Å². The molecule has 8 aromatic rings. The predicted molar refractivity (Wildman–Crippen MR) is 267 cm³/mol. The second-order valence-electron chi connectivity index (χ2n) is 19.4. The average molecular weight is 819 g/mol. The Balaban J connectivity index is 1.05. The molecule has 2 nitrogen and oxygen atoms in total. The van der Waals surface area contributed by atoms with E-state index < -0.39 is 0 Å². The molecule has 1 fully saturated rings. The molecule has 2 aliphatic rings. The Bertz CT molecular complexity index is 2820. The van der Waals surface area contributed by atoms with Crippen LogP contribution >= 0.6 is 0 Å². The molecule has 2 unspecified atom stereocenters. The van der Waals surface area contributed by atoms with Gasteiger partial charge in [-0.1, -0.05) is 181 Å². The average Bonchev–Trinajstić information content (AvgIpc) is 3.55. The van der Waals surface area contributed by atoms with Crippen LogP contribution in [-0.4, -0.2) is 0 Å². The number of fused-ring (bicyclic) bond motifs is 3. The van der Waals surface area contributed by atoms with Crippen LogP contribution in [0.15, 0.2) is 206 Å². The lowest BCUT2D eigenvalue weighted by molar-refractivity contribution is 0.100. The van der Waals surface area contributed by atoms with Gasteiger partial charge in [0.1, 0.15) is 0 Å². The zero-order chi connectivity index (χ0) is 43.2. The Hall–Kier alpha value is -6.64. The molecule has 0 amide bonds. The Morgan fingerprint density at radius 2 is 0.841 bits per heavy atom. The van der Waals surface area contributed by atoms with E-state index in [0.29, 0.717) is 5.92 Å². The van der Waals surface area contributed by atoms with Crippen molar-refractivity contribution < 1.29 is 0 Å².